The van der Waals surface area contributed by atoms with Crippen LogP contribution in [0, 0.1) is 12.3 Å². The Labute approximate surface area is 77.6 Å². The second kappa shape index (κ2) is 2.54. The van der Waals surface area contributed by atoms with E-state index in [2.05, 4.69) is 5.92 Å². The van der Waals surface area contributed by atoms with Gasteiger partial charge >= 0.3 is 0 Å². The molecule has 0 atom stereocenters. The fraction of sp³-hybridized carbons (Fsp3) is 0.273. The van der Waals surface area contributed by atoms with Gasteiger partial charge in [-0.2, -0.15) is 0 Å². The minimum absolute atomic E-state index is 0.0294. The van der Waals surface area contributed by atoms with Gasteiger partial charge in [-0.25, -0.2) is 0 Å². The maximum Gasteiger partial charge on any atom is 0.0576 e. The first kappa shape index (κ1) is 7.71. The molecule has 0 unspecified atom stereocenters. The van der Waals surface area contributed by atoms with Crippen LogP contribution in [0.1, 0.15) is 18.4 Å². The predicted molar refractivity (Wildman–Crippen MR) is 51.2 cm³/mol. The minimum Gasteiger partial charge on any atom is -0.119 e. The number of rotatable bonds is 1. The zero-order chi connectivity index (χ0) is 8.60. The standard InChI is InChI=1S/C11H9Cl/c1-2-11(7-8-11)9-5-3-4-6-10(9)12/h1,3-6H,7-8H2. The van der Waals surface area contributed by atoms with Gasteiger partial charge in [0.1, 0.15) is 0 Å². The van der Waals surface area contributed by atoms with Crippen molar-refractivity contribution in [3.8, 4) is 12.3 Å². The Bertz CT molecular complexity index is 342. The first-order valence-corrected chi connectivity index (χ1v) is 4.39. The fourth-order valence-corrected chi connectivity index (χ4v) is 1.78. The van der Waals surface area contributed by atoms with E-state index in [4.69, 9.17) is 18.0 Å². The molecule has 1 aliphatic rings. The molecule has 0 spiro atoms. The molecular formula is C11H9Cl. The van der Waals surface area contributed by atoms with Crippen LogP contribution in [0.2, 0.25) is 5.02 Å². The molecule has 0 radical (unpaired) electrons. The molecule has 0 aliphatic heterocycles. The van der Waals surface area contributed by atoms with Crippen molar-refractivity contribution in [3.63, 3.8) is 0 Å². The van der Waals surface area contributed by atoms with E-state index in [1.54, 1.807) is 0 Å². The van der Waals surface area contributed by atoms with Gasteiger partial charge in [-0.3, -0.25) is 0 Å². The van der Waals surface area contributed by atoms with Crippen molar-refractivity contribution in [3.05, 3.63) is 34.9 Å². The van der Waals surface area contributed by atoms with E-state index < -0.39 is 0 Å². The summed E-state index contributed by atoms with van der Waals surface area (Å²) in [6, 6.07) is 7.83. The third-order valence-electron chi connectivity index (χ3n) is 2.42. The topological polar surface area (TPSA) is 0 Å². The first-order valence-electron chi connectivity index (χ1n) is 4.01. The van der Waals surface area contributed by atoms with Crippen LogP contribution in [0.4, 0.5) is 0 Å². The maximum absolute atomic E-state index is 6.03. The zero-order valence-electron chi connectivity index (χ0n) is 6.68. The first-order chi connectivity index (χ1) is 5.78. The van der Waals surface area contributed by atoms with Gasteiger partial charge in [0.25, 0.3) is 0 Å². The van der Waals surface area contributed by atoms with Crippen molar-refractivity contribution in [1.82, 2.24) is 0 Å². The molecule has 0 N–H and O–H groups in total. The Balaban J connectivity index is 2.48. The summed E-state index contributed by atoms with van der Waals surface area (Å²) in [4.78, 5) is 0. The smallest absolute Gasteiger partial charge is 0.0576 e. The molecule has 0 nitrogen and oxygen atoms in total. The Morgan fingerprint density at radius 1 is 1.33 bits per heavy atom. The second-order valence-corrected chi connectivity index (χ2v) is 3.61. The van der Waals surface area contributed by atoms with Gasteiger partial charge in [-0.1, -0.05) is 35.7 Å². The summed E-state index contributed by atoms with van der Waals surface area (Å²) in [5.74, 6) is 2.83. The lowest BCUT2D eigenvalue weighted by atomic mass is 9.97. The second-order valence-electron chi connectivity index (χ2n) is 3.21. The van der Waals surface area contributed by atoms with Gasteiger partial charge in [0, 0.05) is 5.02 Å². The van der Waals surface area contributed by atoms with Crippen molar-refractivity contribution in [2.45, 2.75) is 18.3 Å². The van der Waals surface area contributed by atoms with Gasteiger partial charge in [0.05, 0.1) is 5.41 Å². The molecule has 0 amide bonds. The molecule has 0 heterocycles. The van der Waals surface area contributed by atoms with E-state index in [1.807, 2.05) is 24.3 Å². The van der Waals surface area contributed by atoms with Crippen molar-refractivity contribution >= 4 is 11.6 Å². The van der Waals surface area contributed by atoms with Crippen LogP contribution in [-0.2, 0) is 5.41 Å². The number of hydrogen-bond acceptors (Lipinski definition) is 0. The Hall–Kier alpha value is -0.930. The molecule has 0 saturated heterocycles. The molecule has 0 aromatic heterocycles. The highest BCUT2D eigenvalue weighted by Crippen LogP contribution is 2.49. The monoisotopic (exact) mass is 176 g/mol. The van der Waals surface area contributed by atoms with Crippen molar-refractivity contribution in [1.29, 1.82) is 0 Å². The fourth-order valence-electron chi connectivity index (χ4n) is 1.47. The molecule has 1 saturated carbocycles. The van der Waals surface area contributed by atoms with Crippen molar-refractivity contribution < 1.29 is 0 Å². The summed E-state index contributed by atoms with van der Waals surface area (Å²) >= 11 is 6.03. The number of terminal acetylenes is 1. The summed E-state index contributed by atoms with van der Waals surface area (Å²) in [5, 5.41) is 0.799. The molecule has 1 aliphatic carbocycles. The molecule has 1 aromatic rings. The number of benzene rings is 1. The highest BCUT2D eigenvalue weighted by molar-refractivity contribution is 6.31. The van der Waals surface area contributed by atoms with Crippen LogP contribution in [0.5, 0.6) is 0 Å². The SMILES string of the molecule is C#CC1(c2ccccc2Cl)CC1. The van der Waals surface area contributed by atoms with Crippen LogP contribution in [0.25, 0.3) is 0 Å². The van der Waals surface area contributed by atoms with Gasteiger partial charge < -0.3 is 0 Å². The van der Waals surface area contributed by atoms with Crippen LogP contribution in [0.15, 0.2) is 24.3 Å². The quantitative estimate of drug-likeness (QED) is 0.577. The molecular weight excluding hydrogens is 168 g/mol. The molecule has 0 bridgehead atoms. The maximum atomic E-state index is 6.03. The average Bonchev–Trinajstić information content (AvgIpc) is 2.86. The predicted octanol–water partition coefficient (Wildman–Crippen LogP) is 3.00. The third-order valence-corrected chi connectivity index (χ3v) is 2.75. The molecule has 12 heavy (non-hydrogen) atoms. The van der Waals surface area contributed by atoms with Gasteiger partial charge in [-0.15, -0.1) is 6.42 Å². The minimum atomic E-state index is -0.0294. The summed E-state index contributed by atoms with van der Waals surface area (Å²) in [6.07, 6.45) is 7.61. The van der Waals surface area contributed by atoms with Crippen LogP contribution < -0.4 is 0 Å². The van der Waals surface area contributed by atoms with E-state index in [1.165, 1.54) is 0 Å². The van der Waals surface area contributed by atoms with Crippen LogP contribution in [-0.4, -0.2) is 0 Å². The highest BCUT2D eigenvalue weighted by Gasteiger charge is 2.43. The summed E-state index contributed by atoms with van der Waals surface area (Å²) in [7, 11) is 0. The van der Waals surface area contributed by atoms with E-state index >= 15 is 0 Å². The third kappa shape index (κ3) is 1.02. The number of halogens is 1. The van der Waals surface area contributed by atoms with Gasteiger partial charge in [-0.05, 0) is 24.5 Å². The number of hydrogen-bond donors (Lipinski definition) is 0. The van der Waals surface area contributed by atoms with Crippen LogP contribution in [0.3, 0.4) is 0 Å². The Morgan fingerprint density at radius 2 is 2.00 bits per heavy atom. The summed E-state index contributed by atoms with van der Waals surface area (Å²) < 4.78 is 0. The molecule has 1 aromatic carbocycles. The van der Waals surface area contributed by atoms with Crippen molar-refractivity contribution in [2.75, 3.05) is 0 Å². The average molecular weight is 177 g/mol. The van der Waals surface area contributed by atoms with E-state index in [0.29, 0.717) is 0 Å². The van der Waals surface area contributed by atoms with E-state index in [-0.39, 0.29) is 5.41 Å². The molecule has 60 valence electrons. The van der Waals surface area contributed by atoms with E-state index in [0.717, 1.165) is 23.4 Å². The molecule has 1 fully saturated rings. The summed E-state index contributed by atoms with van der Waals surface area (Å²) in [5.41, 5.74) is 1.09. The largest absolute Gasteiger partial charge is 0.119 e. The van der Waals surface area contributed by atoms with Crippen molar-refractivity contribution in [2.24, 2.45) is 0 Å². The molecule has 1 heteroatoms. The lowest BCUT2D eigenvalue weighted by Gasteiger charge is -2.08. The Kier molecular flexibility index (Phi) is 1.63. The molecule has 2 rings (SSSR count). The summed E-state index contributed by atoms with van der Waals surface area (Å²) in [6.45, 7) is 0. The zero-order valence-corrected chi connectivity index (χ0v) is 7.43. The van der Waals surface area contributed by atoms with Gasteiger partial charge in [0.15, 0.2) is 0 Å². The lowest BCUT2D eigenvalue weighted by molar-refractivity contribution is 0.931. The van der Waals surface area contributed by atoms with Gasteiger partial charge in [0.2, 0.25) is 0 Å². The van der Waals surface area contributed by atoms with E-state index in [9.17, 15) is 0 Å². The lowest BCUT2D eigenvalue weighted by Crippen LogP contribution is -2.02. The van der Waals surface area contributed by atoms with Crippen LogP contribution >= 0.6 is 11.6 Å². The normalized spacial score (nSPS) is 18.3. The highest BCUT2D eigenvalue weighted by atomic mass is 35.5. The Morgan fingerprint density at radius 3 is 2.50 bits per heavy atom.